The molecule has 2 fully saturated rings. The number of rotatable bonds is 8. The van der Waals surface area contributed by atoms with Crippen LogP contribution in [0, 0.1) is 0 Å². The van der Waals surface area contributed by atoms with Crippen LogP contribution in [0.2, 0.25) is 0 Å². The number of para-hydroxylation sites is 1. The monoisotopic (exact) mass is 434 g/mol. The Kier molecular flexibility index (Phi) is 6.92. The van der Waals surface area contributed by atoms with Crippen molar-refractivity contribution in [2.24, 2.45) is 0 Å². The molecule has 1 heterocycles. The Morgan fingerprint density at radius 2 is 1.62 bits per heavy atom. The molecule has 0 aromatic heterocycles. The Morgan fingerprint density at radius 1 is 0.969 bits per heavy atom. The first-order chi connectivity index (χ1) is 15.5. The number of benzene rings is 2. The summed E-state index contributed by atoms with van der Waals surface area (Å²) >= 11 is 0. The number of carbonyl (C=O) groups excluding carboxylic acids is 2. The van der Waals surface area contributed by atoms with Gasteiger partial charge in [-0.3, -0.25) is 19.4 Å². The molecular formula is C26H34N4O2. The maximum absolute atomic E-state index is 12.7. The molecule has 0 bridgehead atoms. The smallest absolute Gasteiger partial charge is 0.251 e. The Morgan fingerprint density at radius 3 is 2.19 bits per heavy atom. The van der Waals surface area contributed by atoms with E-state index in [0.29, 0.717) is 12.0 Å². The van der Waals surface area contributed by atoms with Crippen molar-refractivity contribution in [2.45, 2.75) is 38.3 Å². The highest BCUT2D eigenvalue weighted by Gasteiger charge is 2.50. The quantitative estimate of drug-likeness (QED) is 0.694. The predicted octanol–water partition coefficient (Wildman–Crippen LogP) is 3.14. The third-order valence-corrected chi connectivity index (χ3v) is 6.84. The van der Waals surface area contributed by atoms with Crippen LogP contribution in [0.4, 0.5) is 5.69 Å². The second-order valence-electron chi connectivity index (χ2n) is 8.93. The van der Waals surface area contributed by atoms with Crippen LogP contribution in [0.5, 0.6) is 0 Å². The molecule has 0 unspecified atom stereocenters. The van der Waals surface area contributed by atoms with E-state index in [1.54, 1.807) is 7.05 Å². The van der Waals surface area contributed by atoms with Crippen LogP contribution < -0.4 is 10.2 Å². The highest BCUT2D eigenvalue weighted by Crippen LogP contribution is 2.43. The normalized spacial score (nSPS) is 18.2. The summed E-state index contributed by atoms with van der Waals surface area (Å²) in [6.45, 7) is 7.72. The molecule has 0 atom stereocenters. The lowest BCUT2D eigenvalue weighted by Gasteiger charge is -2.41. The number of nitrogens with one attached hydrogen (secondary N) is 1. The van der Waals surface area contributed by atoms with Crippen molar-refractivity contribution in [1.29, 1.82) is 0 Å². The van der Waals surface area contributed by atoms with E-state index in [9.17, 15) is 9.59 Å². The van der Waals surface area contributed by atoms with Crippen LogP contribution >= 0.6 is 0 Å². The van der Waals surface area contributed by atoms with Crippen molar-refractivity contribution in [3.05, 3.63) is 65.7 Å². The van der Waals surface area contributed by atoms with Crippen LogP contribution in [0.25, 0.3) is 0 Å². The zero-order valence-electron chi connectivity index (χ0n) is 19.2. The fourth-order valence-corrected chi connectivity index (χ4v) is 4.68. The minimum absolute atomic E-state index is 0.0500. The summed E-state index contributed by atoms with van der Waals surface area (Å²) in [5, 5.41) is 2.66. The molecule has 1 saturated carbocycles. The number of piperazine rings is 1. The molecule has 1 aliphatic carbocycles. The van der Waals surface area contributed by atoms with Gasteiger partial charge in [0.1, 0.15) is 0 Å². The van der Waals surface area contributed by atoms with Gasteiger partial charge in [0.05, 0.1) is 0 Å². The van der Waals surface area contributed by atoms with Gasteiger partial charge in [-0.15, -0.1) is 0 Å². The van der Waals surface area contributed by atoms with E-state index in [1.165, 1.54) is 5.56 Å². The predicted molar refractivity (Wildman–Crippen MR) is 128 cm³/mol. The van der Waals surface area contributed by atoms with Gasteiger partial charge in [-0.2, -0.15) is 0 Å². The molecule has 1 N–H and O–H groups in total. The van der Waals surface area contributed by atoms with Crippen LogP contribution in [0.3, 0.4) is 0 Å². The molecule has 0 radical (unpaired) electrons. The lowest BCUT2D eigenvalue weighted by Crippen LogP contribution is -2.55. The maximum atomic E-state index is 12.7. The second kappa shape index (κ2) is 9.84. The fraction of sp³-hybridized carbons (Fsp3) is 0.462. The standard InChI is InChI=1S/C26H34N4O2/c1-3-24(31)30(23-7-5-4-6-8-23)20-26(13-14-26)29-17-15-28(16-18-29)19-21-9-11-22(12-10-21)25(32)27-2/h4-12H,3,13-20H2,1-2H3,(H,27,32). The van der Waals surface area contributed by atoms with Crippen LogP contribution in [-0.4, -0.2) is 66.9 Å². The number of amides is 2. The number of nitrogens with zero attached hydrogens (tertiary/aromatic N) is 3. The molecule has 2 aromatic rings. The van der Waals surface area contributed by atoms with Gasteiger partial charge < -0.3 is 10.2 Å². The van der Waals surface area contributed by atoms with Gasteiger partial charge in [0.2, 0.25) is 5.91 Å². The largest absolute Gasteiger partial charge is 0.355 e. The van der Waals surface area contributed by atoms with Gasteiger partial charge >= 0.3 is 0 Å². The number of anilines is 1. The minimum Gasteiger partial charge on any atom is -0.355 e. The molecule has 6 heteroatoms. The molecule has 0 spiro atoms. The van der Waals surface area contributed by atoms with E-state index in [1.807, 2.05) is 66.4 Å². The van der Waals surface area contributed by atoms with Crippen molar-refractivity contribution in [3.63, 3.8) is 0 Å². The summed E-state index contributed by atoms with van der Waals surface area (Å²) < 4.78 is 0. The van der Waals surface area contributed by atoms with Gasteiger partial charge in [0.15, 0.2) is 0 Å². The van der Waals surface area contributed by atoms with E-state index in [0.717, 1.165) is 57.8 Å². The third-order valence-electron chi connectivity index (χ3n) is 6.84. The van der Waals surface area contributed by atoms with E-state index in [-0.39, 0.29) is 17.4 Å². The van der Waals surface area contributed by atoms with Gasteiger partial charge in [-0.25, -0.2) is 0 Å². The first kappa shape index (κ1) is 22.5. The number of carbonyl (C=O) groups is 2. The van der Waals surface area contributed by atoms with Crippen molar-refractivity contribution in [2.75, 3.05) is 44.7 Å². The highest BCUT2D eigenvalue weighted by molar-refractivity contribution is 5.94. The van der Waals surface area contributed by atoms with Crippen molar-refractivity contribution in [3.8, 4) is 0 Å². The Hall–Kier alpha value is -2.70. The zero-order chi connectivity index (χ0) is 22.6. The topological polar surface area (TPSA) is 55.9 Å². The maximum Gasteiger partial charge on any atom is 0.251 e. The fourth-order valence-electron chi connectivity index (χ4n) is 4.68. The van der Waals surface area contributed by atoms with Gasteiger partial charge in [-0.1, -0.05) is 37.3 Å². The van der Waals surface area contributed by atoms with Crippen molar-refractivity contribution < 1.29 is 9.59 Å². The first-order valence-electron chi connectivity index (χ1n) is 11.7. The van der Waals surface area contributed by atoms with E-state index >= 15 is 0 Å². The SMILES string of the molecule is CCC(=O)N(CC1(N2CCN(Cc3ccc(C(=O)NC)cc3)CC2)CC1)c1ccccc1. The molecule has 2 aliphatic rings. The average molecular weight is 435 g/mol. The Balaban J connectivity index is 1.34. The average Bonchev–Trinajstić information content (AvgIpc) is 3.64. The number of hydrogen-bond acceptors (Lipinski definition) is 4. The van der Waals surface area contributed by atoms with E-state index in [4.69, 9.17) is 0 Å². The molecule has 4 rings (SSSR count). The molecule has 1 saturated heterocycles. The lowest BCUT2D eigenvalue weighted by atomic mass is 10.1. The van der Waals surface area contributed by atoms with Crippen LogP contribution in [-0.2, 0) is 11.3 Å². The minimum atomic E-state index is -0.0500. The molecule has 2 aromatic carbocycles. The summed E-state index contributed by atoms with van der Waals surface area (Å²) in [7, 11) is 1.65. The highest BCUT2D eigenvalue weighted by atomic mass is 16.2. The molecule has 2 amide bonds. The number of hydrogen-bond donors (Lipinski definition) is 1. The van der Waals surface area contributed by atoms with Crippen LogP contribution in [0.1, 0.15) is 42.1 Å². The first-order valence-corrected chi connectivity index (χ1v) is 11.7. The van der Waals surface area contributed by atoms with Crippen molar-refractivity contribution in [1.82, 2.24) is 15.1 Å². The lowest BCUT2D eigenvalue weighted by molar-refractivity contribution is -0.118. The van der Waals surface area contributed by atoms with E-state index in [2.05, 4.69) is 15.1 Å². The van der Waals surface area contributed by atoms with Gasteiger partial charge in [-0.05, 0) is 42.7 Å². The molecular weight excluding hydrogens is 400 g/mol. The summed E-state index contributed by atoms with van der Waals surface area (Å²) in [6, 6.07) is 18.0. The molecule has 170 valence electrons. The zero-order valence-corrected chi connectivity index (χ0v) is 19.2. The van der Waals surface area contributed by atoms with Gasteiger partial charge in [0, 0.05) is 69.5 Å². The van der Waals surface area contributed by atoms with Gasteiger partial charge in [0.25, 0.3) is 5.91 Å². The summed E-state index contributed by atoms with van der Waals surface area (Å²) in [4.78, 5) is 31.5. The summed E-state index contributed by atoms with van der Waals surface area (Å²) in [5.41, 5.74) is 3.06. The Bertz CT molecular complexity index is 917. The second-order valence-corrected chi connectivity index (χ2v) is 8.93. The van der Waals surface area contributed by atoms with Crippen LogP contribution in [0.15, 0.2) is 54.6 Å². The third kappa shape index (κ3) is 5.03. The summed E-state index contributed by atoms with van der Waals surface area (Å²) in [5.74, 6) is 0.146. The molecule has 6 nitrogen and oxygen atoms in total. The molecule has 32 heavy (non-hydrogen) atoms. The summed E-state index contributed by atoms with van der Waals surface area (Å²) in [6.07, 6.45) is 2.85. The molecule has 1 aliphatic heterocycles. The van der Waals surface area contributed by atoms with Crippen molar-refractivity contribution >= 4 is 17.5 Å². The Labute approximate surface area is 191 Å². The van der Waals surface area contributed by atoms with E-state index < -0.39 is 0 Å².